The third-order valence-corrected chi connectivity index (χ3v) is 5.34. The normalized spacial score (nSPS) is 14.6. The quantitative estimate of drug-likeness (QED) is 0.675. The standard InChI is InChI=1S/C22H23F2N5O/c23-17-3-2-16(19(24)12-17)14-29(18-5-7-25-8-6-18)22(30)28-13-15-1-4-20-21(11-15)27-10-9-26-20/h1-4,9-12,18,25H,5-8,13-14H2,(H,28,30). The number of nitrogens with one attached hydrogen (secondary N) is 2. The van der Waals surface area contributed by atoms with Crippen molar-refractivity contribution in [2.24, 2.45) is 0 Å². The maximum Gasteiger partial charge on any atom is 0.318 e. The zero-order chi connectivity index (χ0) is 20.9. The van der Waals surface area contributed by atoms with E-state index in [1.54, 1.807) is 17.3 Å². The number of urea groups is 1. The number of rotatable bonds is 5. The van der Waals surface area contributed by atoms with E-state index in [4.69, 9.17) is 0 Å². The summed E-state index contributed by atoms with van der Waals surface area (Å²) in [4.78, 5) is 23.2. The highest BCUT2D eigenvalue weighted by molar-refractivity contribution is 5.76. The number of hydrogen-bond donors (Lipinski definition) is 2. The molecule has 0 spiro atoms. The molecule has 0 unspecified atom stereocenters. The van der Waals surface area contributed by atoms with Crippen LogP contribution in [0.2, 0.25) is 0 Å². The highest BCUT2D eigenvalue weighted by Gasteiger charge is 2.26. The molecule has 8 heteroatoms. The van der Waals surface area contributed by atoms with E-state index >= 15 is 0 Å². The number of carbonyl (C=O) groups is 1. The smallest absolute Gasteiger partial charge is 0.318 e. The Labute approximate surface area is 173 Å². The van der Waals surface area contributed by atoms with Crippen molar-refractivity contribution in [1.29, 1.82) is 0 Å². The second-order valence-electron chi connectivity index (χ2n) is 7.38. The van der Waals surface area contributed by atoms with Crippen LogP contribution >= 0.6 is 0 Å². The van der Waals surface area contributed by atoms with Gasteiger partial charge in [0.05, 0.1) is 17.6 Å². The first kappa shape index (κ1) is 20.2. The molecule has 156 valence electrons. The van der Waals surface area contributed by atoms with Gasteiger partial charge in [0.2, 0.25) is 0 Å². The highest BCUT2D eigenvalue weighted by Crippen LogP contribution is 2.19. The van der Waals surface area contributed by atoms with Crippen molar-refractivity contribution < 1.29 is 13.6 Å². The summed E-state index contributed by atoms with van der Waals surface area (Å²) in [6, 6.07) is 8.82. The molecule has 30 heavy (non-hydrogen) atoms. The van der Waals surface area contributed by atoms with Gasteiger partial charge >= 0.3 is 6.03 Å². The van der Waals surface area contributed by atoms with E-state index in [0.717, 1.165) is 48.6 Å². The number of amides is 2. The molecule has 3 aromatic rings. The lowest BCUT2D eigenvalue weighted by Gasteiger charge is -2.35. The minimum absolute atomic E-state index is 0.0156. The zero-order valence-electron chi connectivity index (χ0n) is 16.4. The van der Waals surface area contributed by atoms with E-state index in [2.05, 4.69) is 20.6 Å². The number of fused-ring (bicyclic) bond motifs is 1. The van der Waals surface area contributed by atoms with Crippen LogP contribution in [0.3, 0.4) is 0 Å². The largest absolute Gasteiger partial charge is 0.334 e. The number of piperidine rings is 1. The average molecular weight is 411 g/mol. The number of halogens is 2. The first-order valence-corrected chi connectivity index (χ1v) is 9.99. The lowest BCUT2D eigenvalue weighted by molar-refractivity contribution is 0.153. The molecule has 2 heterocycles. The fourth-order valence-electron chi connectivity index (χ4n) is 3.72. The third kappa shape index (κ3) is 4.71. The molecule has 4 rings (SSSR count). The summed E-state index contributed by atoms with van der Waals surface area (Å²) in [5.74, 6) is -1.27. The summed E-state index contributed by atoms with van der Waals surface area (Å²) in [5, 5.41) is 6.21. The molecule has 2 amide bonds. The number of aromatic nitrogens is 2. The van der Waals surface area contributed by atoms with E-state index < -0.39 is 11.6 Å². The molecule has 0 saturated carbocycles. The molecule has 1 saturated heterocycles. The second kappa shape index (κ2) is 9.13. The maximum absolute atomic E-state index is 14.2. The van der Waals surface area contributed by atoms with Gasteiger partial charge in [-0.1, -0.05) is 12.1 Å². The van der Waals surface area contributed by atoms with Gasteiger partial charge in [-0.05, 0) is 49.7 Å². The van der Waals surface area contributed by atoms with Gasteiger partial charge in [0.1, 0.15) is 11.6 Å². The van der Waals surface area contributed by atoms with E-state index in [1.165, 1.54) is 12.1 Å². The van der Waals surface area contributed by atoms with Gasteiger partial charge in [0.25, 0.3) is 0 Å². The summed E-state index contributed by atoms with van der Waals surface area (Å²) in [5.41, 5.74) is 2.74. The molecule has 2 aromatic carbocycles. The minimum Gasteiger partial charge on any atom is -0.334 e. The first-order chi connectivity index (χ1) is 14.6. The van der Waals surface area contributed by atoms with Crippen LogP contribution in [0.4, 0.5) is 13.6 Å². The van der Waals surface area contributed by atoms with E-state index in [-0.39, 0.29) is 18.6 Å². The van der Waals surface area contributed by atoms with Gasteiger partial charge < -0.3 is 15.5 Å². The number of carbonyl (C=O) groups excluding carboxylic acids is 1. The Kier molecular flexibility index (Phi) is 6.13. The third-order valence-electron chi connectivity index (χ3n) is 5.34. The van der Waals surface area contributed by atoms with Crippen molar-refractivity contribution in [3.05, 3.63) is 71.6 Å². The Morgan fingerprint density at radius 3 is 2.60 bits per heavy atom. The molecule has 6 nitrogen and oxygen atoms in total. The Bertz CT molecular complexity index is 1040. The monoisotopic (exact) mass is 411 g/mol. The molecule has 0 atom stereocenters. The molecule has 1 aliphatic rings. The predicted octanol–water partition coefficient (Wildman–Crippen LogP) is 3.37. The summed E-state index contributed by atoms with van der Waals surface area (Å²) < 4.78 is 27.5. The molecular formula is C22H23F2N5O. The van der Waals surface area contributed by atoms with Gasteiger partial charge in [-0.2, -0.15) is 0 Å². The molecule has 0 aliphatic carbocycles. The van der Waals surface area contributed by atoms with Gasteiger partial charge in [0, 0.05) is 36.6 Å². The van der Waals surface area contributed by atoms with Crippen LogP contribution < -0.4 is 10.6 Å². The van der Waals surface area contributed by atoms with Crippen molar-refractivity contribution in [2.45, 2.75) is 32.0 Å². The van der Waals surface area contributed by atoms with Crippen molar-refractivity contribution in [3.8, 4) is 0 Å². The minimum atomic E-state index is -0.644. The zero-order valence-corrected chi connectivity index (χ0v) is 16.4. The van der Waals surface area contributed by atoms with Crippen molar-refractivity contribution in [3.63, 3.8) is 0 Å². The Morgan fingerprint density at radius 2 is 1.83 bits per heavy atom. The van der Waals surface area contributed by atoms with Crippen LogP contribution in [0.5, 0.6) is 0 Å². The fraction of sp³-hybridized carbons (Fsp3) is 0.318. The summed E-state index contributed by atoms with van der Waals surface area (Å²) in [6.07, 6.45) is 4.82. The topological polar surface area (TPSA) is 70.2 Å². The number of nitrogens with zero attached hydrogens (tertiary/aromatic N) is 3. The molecule has 0 bridgehead atoms. The lowest BCUT2D eigenvalue weighted by atomic mass is 10.0. The van der Waals surface area contributed by atoms with Gasteiger partial charge in [0.15, 0.2) is 0 Å². The second-order valence-corrected chi connectivity index (χ2v) is 7.38. The van der Waals surface area contributed by atoms with E-state index in [1.807, 2.05) is 18.2 Å². The van der Waals surface area contributed by atoms with Gasteiger partial charge in [-0.25, -0.2) is 13.6 Å². The Hall–Kier alpha value is -3.13. The van der Waals surface area contributed by atoms with Crippen LogP contribution in [0.25, 0.3) is 11.0 Å². The molecule has 1 aromatic heterocycles. The molecule has 2 N–H and O–H groups in total. The highest BCUT2D eigenvalue weighted by atomic mass is 19.1. The summed E-state index contributed by atoms with van der Waals surface area (Å²) in [7, 11) is 0. The average Bonchev–Trinajstić information content (AvgIpc) is 2.77. The van der Waals surface area contributed by atoms with Crippen LogP contribution in [0, 0.1) is 11.6 Å². The van der Waals surface area contributed by atoms with E-state index in [0.29, 0.717) is 12.1 Å². The Balaban J connectivity index is 1.49. The van der Waals surface area contributed by atoms with Gasteiger partial charge in [-0.15, -0.1) is 0 Å². The van der Waals surface area contributed by atoms with E-state index in [9.17, 15) is 13.6 Å². The molecule has 0 radical (unpaired) electrons. The summed E-state index contributed by atoms with van der Waals surface area (Å²) >= 11 is 0. The lowest BCUT2D eigenvalue weighted by Crippen LogP contribution is -2.49. The number of hydrogen-bond acceptors (Lipinski definition) is 4. The van der Waals surface area contributed by atoms with Crippen LogP contribution in [0.1, 0.15) is 24.0 Å². The molecule has 1 aliphatic heterocycles. The first-order valence-electron chi connectivity index (χ1n) is 9.99. The SMILES string of the molecule is O=C(NCc1ccc2nccnc2c1)N(Cc1ccc(F)cc1F)C1CCNCC1. The molecule has 1 fully saturated rings. The van der Waals surface area contributed by atoms with Crippen molar-refractivity contribution >= 4 is 17.1 Å². The molecular weight excluding hydrogens is 388 g/mol. The van der Waals surface area contributed by atoms with Crippen LogP contribution in [-0.2, 0) is 13.1 Å². The number of benzene rings is 2. The predicted molar refractivity (Wildman–Crippen MR) is 110 cm³/mol. The van der Waals surface area contributed by atoms with Crippen LogP contribution in [-0.4, -0.2) is 40.0 Å². The van der Waals surface area contributed by atoms with Crippen molar-refractivity contribution in [1.82, 2.24) is 25.5 Å². The fourth-order valence-corrected chi connectivity index (χ4v) is 3.72. The van der Waals surface area contributed by atoms with Crippen molar-refractivity contribution in [2.75, 3.05) is 13.1 Å². The van der Waals surface area contributed by atoms with Gasteiger partial charge in [-0.3, -0.25) is 9.97 Å². The Morgan fingerprint density at radius 1 is 1.07 bits per heavy atom. The summed E-state index contributed by atoms with van der Waals surface area (Å²) in [6.45, 7) is 2.00. The van der Waals surface area contributed by atoms with Crippen LogP contribution in [0.15, 0.2) is 48.8 Å². The maximum atomic E-state index is 14.2.